The molecule has 0 bridgehead atoms. The Morgan fingerprint density at radius 2 is 1.92 bits per heavy atom. The molecule has 2 aromatic rings. The number of hydrogen-bond acceptors (Lipinski definition) is 4. The first kappa shape index (κ1) is 18.7. The van der Waals surface area contributed by atoms with E-state index in [4.69, 9.17) is 0 Å². The van der Waals surface area contributed by atoms with Crippen molar-refractivity contribution in [1.29, 1.82) is 0 Å². The molecule has 2 rings (SSSR count). The van der Waals surface area contributed by atoms with Gasteiger partial charge >= 0.3 is 0 Å². The van der Waals surface area contributed by atoms with Gasteiger partial charge in [0.15, 0.2) is 0 Å². The lowest BCUT2D eigenvalue weighted by Gasteiger charge is -2.14. The Morgan fingerprint density at radius 1 is 1.20 bits per heavy atom. The highest BCUT2D eigenvalue weighted by molar-refractivity contribution is 5.90. The molecule has 0 aliphatic rings. The summed E-state index contributed by atoms with van der Waals surface area (Å²) in [7, 11) is 0. The van der Waals surface area contributed by atoms with Gasteiger partial charge in [-0.25, -0.2) is 4.68 Å². The molecule has 25 heavy (non-hydrogen) atoms. The summed E-state index contributed by atoms with van der Waals surface area (Å²) in [5.74, 6) is -0.808. The molecule has 0 aliphatic heterocycles. The van der Waals surface area contributed by atoms with Crippen molar-refractivity contribution in [1.82, 2.24) is 9.78 Å². The molecule has 1 N–H and O–H groups in total. The molecule has 0 radical (unpaired) electrons. The van der Waals surface area contributed by atoms with Crippen molar-refractivity contribution in [3.05, 3.63) is 41.6 Å². The lowest BCUT2D eigenvalue weighted by molar-refractivity contribution is -0.305. The van der Waals surface area contributed by atoms with Crippen LogP contribution < -0.4 is 10.4 Å². The van der Waals surface area contributed by atoms with Crippen molar-refractivity contribution < 1.29 is 14.7 Å². The average Bonchev–Trinajstić information content (AvgIpc) is 2.90. The summed E-state index contributed by atoms with van der Waals surface area (Å²) in [6, 6.07) is 9.72. The van der Waals surface area contributed by atoms with Crippen molar-refractivity contribution >= 4 is 17.7 Å². The molecule has 1 aromatic heterocycles. The zero-order chi connectivity index (χ0) is 18.6. The maximum atomic E-state index is 12.1. The van der Waals surface area contributed by atoms with E-state index in [-0.39, 0.29) is 30.6 Å². The van der Waals surface area contributed by atoms with Gasteiger partial charge in [0.2, 0.25) is 5.91 Å². The van der Waals surface area contributed by atoms with Crippen LogP contribution in [0.25, 0.3) is 5.69 Å². The third kappa shape index (κ3) is 5.17. The van der Waals surface area contributed by atoms with E-state index >= 15 is 0 Å². The standard InChI is InChI=1S/C19H25N3O3/c1-13-7-5-8-14(11-13)22-16(12-15(21-22)19(2,3)4)20-17(23)9-6-10-18(24)25/h5,7-8,11-12H,6,9-10H2,1-4H3,(H,20,23)(H,24,25)/p-1. The second-order valence-electron chi connectivity index (χ2n) is 7.19. The molecule has 6 heteroatoms. The summed E-state index contributed by atoms with van der Waals surface area (Å²) in [6.07, 6.45) is 0.245. The SMILES string of the molecule is Cc1cccc(-n2nc(C(C)(C)C)cc2NC(=O)CCCC(=O)[O-])c1. The predicted molar refractivity (Wildman–Crippen MR) is 94.5 cm³/mol. The largest absolute Gasteiger partial charge is 0.550 e. The summed E-state index contributed by atoms with van der Waals surface area (Å²) in [5, 5.41) is 18.0. The summed E-state index contributed by atoms with van der Waals surface area (Å²) < 4.78 is 1.71. The van der Waals surface area contributed by atoms with E-state index in [0.717, 1.165) is 16.9 Å². The molecular weight excluding hydrogens is 318 g/mol. The Hall–Kier alpha value is -2.63. The van der Waals surface area contributed by atoms with Crippen molar-refractivity contribution in [3.63, 3.8) is 0 Å². The van der Waals surface area contributed by atoms with Crippen LogP contribution in [0.2, 0.25) is 0 Å². The minimum absolute atomic E-state index is 0.123. The van der Waals surface area contributed by atoms with Gasteiger partial charge in [0.25, 0.3) is 0 Å². The van der Waals surface area contributed by atoms with E-state index in [9.17, 15) is 14.7 Å². The Balaban J connectivity index is 2.27. The molecule has 0 saturated heterocycles. The van der Waals surface area contributed by atoms with E-state index in [1.807, 2.05) is 37.3 Å². The fourth-order valence-electron chi connectivity index (χ4n) is 2.39. The van der Waals surface area contributed by atoms with Gasteiger partial charge in [-0.1, -0.05) is 32.9 Å². The van der Waals surface area contributed by atoms with Crippen molar-refractivity contribution in [2.45, 2.75) is 52.4 Å². The Bertz CT molecular complexity index is 772. The number of nitrogens with one attached hydrogen (secondary N) is 1. The minimum Gasteiger partial charge on any atom is -0.550 e. The first-order valence-electron chi connectivity index (χ1n) is 8.34. The number of carbonyl (C=O) groups is 2. The highest BCUT2D eigenvalue weighted by atomic mass is 16.4. The van der Waals surface area contributed by atoms with E-state index in [1.54, 1.807) is 4.68 Å². The highest BCUT2D eigenvalue weighted by Crippen LogP contribution is 2.26. The van der Waals surface area contributed by atoms with Crippen LogP contribution in [0, 0.1) is 6.92 Å². The van der Waals surface area contributed by atoms with E-state index in [1.165, 1.54) is 0 Å². The number of hydrogen-bond donors (Lipinski definition) is 1. The molecule has 0 spiro atoms. The quantitative estimate of drug-likeness (QED) is 0.873. The first-order valence-corrected chi connectivity index (χ1v) is 8.34. The summed E-state index contributed by atoms with van der Waals surface area (Å²) >= 11 is 0. The molecule has 0 unspecified atom stereocenters. The van der Waals surface area contributed by atoms with Crippen LogP contribution in [0.1, 0.15) is 51.3 Å². The summed E-state index contributed by atoms with van der Waals surface area (Å²) in [5.41, 5.74) is 2.65. The normalized spacial score (nSPS) is 11.4. The van der Waals surface area contributed by atoms with Gasteiger partial charge in [-0.05, 0) is 37.5 Å². The number of amides is 1. The maximum absolute atomic E-state index is 12.1. The van der Waals surface area contributed by atoms with E-state index in [2.05, 4.69) is 31.2 Å². The van der Waals surface area contributed by atoms with Crippen molar-refractivity contribution in [2.75, 3.05) is 5.32 Å². The predicted octanol–water partition coefficient (Wildman–Crippen LogP) is 2.34. The lowest BCUT2D eigenvalue weighted by atomic mass is 9.92. The molecule has 0 aliphatic carbocycles. The van der Waals surface area contributed by atoms with Crippen LogP contribution in [-0.4, -0.2) is 21.7 Å². The fourth-order valence-corrected chi connectivity index (χ4v) is 2.39. The molecule has 1 amide bonds. The van der Waals surface area contributed by atoms with Crippen LogP contribution in [0.3, 0.4) is 0 Å². The Morgan fingerprint density at radius 3 is 2.52 bits per heavy atom. The zero-order valence-corrected chi connectivity index (χ0v) is 15.1. The first-order chi connectivity index (χ1) is 11.7. The number of benzene rings is 1. The molecule has 0 saturated carbocycles. The van der Waals surface area contributed by atoms with E-state index < -0.39 is 5.97 Å². The lowest BCUT2D eigenvalue weighted by Crippen LogP contribution is -2.22. The topological polar surface area (TPSA) is 87.0 Å². The molecule has 0 atom stereocenters. The summed E-state index contributed by atoms with van der Waals surface area (Å²) in [4.78, 5) is 22.6. The van der Waals surface area contributed by atoms with Crippen LogP contribution in [-0.2, 0) is 15.0 Å². The smallest absolute Gasteiger partial charge is 0.225 e. The maximum Gasteiger partial charge on any atom is 0.225 e. The summed E-state index contributed by atoms with van der Waals surface area (Å²) in [6.45, 7) is 8.17. The number of carbonyl (C=O) groups excluding carboxylic acids is 2. The van der Waals surface area contributed by atoms with Crippen LogP contribution in [0.5, 0.6) is 0 Å². The van der Waals surface area contributed by atoms with Gasteiger partial charge in [0.1, 0.15) is 5.82 Å². The van der Waals surface area contributed by atoms with Gasteiger partial charge in [-0.2, -0.15) is 5.10 Å². The molecule has 1 aromatic carbocycles. The monoisotopic (exact) mass is 342 g/mol. The van der Waals surface area contributed by atoms with Crippen LogP contribution in [0.4, 0.5) is 5.82 Å². The highest BCUT2D eigenvalue weighted by Gasteiger charge is 2.21. The number of carboxylic acids is 1. The fraction of sp³-hybridized carbons (Fsp3) is 0.421. The number of aliphatic carboxylic acids is 1. The van der Waals surface area contributed by atoms with Gasteiger partial charge in [0, 0.05) is 23.9 Å². The molecular formula is C19H24N3O3-. The number of rotatable bonds is 6. The molecule has 134 valence electrons. The number of aromatic nitrogens is 2. The average molecular weight is 342 g/mol. The van der Waals surface area contributed by atoms with E-state index in [0.29, 0.717) is 5.82 Å². The Kier molecular flexibility index (Phi) is 5.62. The van der Waals surface area contributed by atoms with Gasteiger partial charge in [-0.3, -0.25) is 4.79 Å². The number of aryl methyl sites for hydroxylation is 1. The van der Waals surface area contributed by atoms with Gasteiger partial charge in [0.05, 0.1) is 11.4 Å². The van der Waals surface area contributed by atoms with Crippen LogP contribution in [0.15, 0.2) is 30.3 Å². The molecule has 6 nitrogen and oxygen atoms in total. The van der Waals surface area contributed by atoms with Crippen molar-refractivity contribution in [2.24, 2.45) is 0 Å². The Labute approximate surface area is 147 Å². The third-order valence-electron chi connectivity index (χ3n) is 3.78. The van der Waals surface area contributed by atoms with Gasteiger partial charge < -0.3 is 15.2 Å². The van der Waals surface area contributed by atoms with Gasteiger partial charge in [-0.15, -0.1) is 0 Å². The van der Waals surface area contributed by atoms with Crippen molar-refractivity contribution in [3.8, 4) is 5.69 Å². The minimum atomic E-state index is -1.15. The third-order valence-corrected chi connectivity index (χ3v) is 3.78. The number of nitrogens with zero attached hydrogens (tertiary/aromatic N) is 2. The molecule has 0 fully saturated rings. The second kappa shape index (κ2) is 7.51. The second-order valence-corrected chi connectivity index (χ2v) is 7.19. The molecule has 1 heterocycles. The zero-order valence-electron chi connectivity index (χ0n) is 15.1. The van der Waals surface area contributed by atoms with Crippen LogP contribution >= 0.6 is 0 Å². The number of carboxylic acid groups (broad SMARTS) is 1. The number of anilines is 1.